The van der Waals surface area contributed by atoms with E-state index in [-0.39, 0.29) is 17.8 Å². The summed E-state index contributed by atoms with van der Waals surface area (Å²) in [4.78, 5) is 21.2. The number of hydrogen-bond donors (Lipinski definition) is 2. The molecule has 0 saturated carbocycles. The van der Waals surface area contributed by atoms with Gasteiger partial charge < -0.3 is 15.6 Å². The molecule has 7 heteroatoms. The van der Waals surface area contributed by atoms with Crippen molar-refractivity contribution in [1.29, 1.82) is 0 Å². The topological polar surface area (TPSA) is 89.6 Å². The van der Waals surface area contributed by atoms with E-state index < -0.39 is 36.0 Å². The molecule has 0 heterocycles. The zero-order chi connectivity index (χ0) is 14.6. The Morgan fingerprint density at radius 1 is 1.37 bits per heavy atom. The third-order valence-electron chi connectivity index (χ3n) is 2.25. The molecule has 0 aromatic heterocycles. The fourth-order valence-electron chi connectivity index (χ4n) is 1.38. The number of benzene rings is 1. The van der Waals surface area contributed by atoms with Crippen molar-refractivity contribution >= 4 is 11.8 Å². The molecule has 1 atom stereocenters. The van der Waals surface area contributed by atoms with Crippen LogP contribution in [0.2, 0.25) is 0 Å². The Morgan fingerprint density at radius 2 is 1.89 bits per heavy atom. The van der Waals surface area contributed by atoms with E-state index in [1.54, 1.807) is 0 Å². The maximum atomic E-state index is 13.5. The Labute approximate surface area is 108 Å². The van der Waals surface area contributed by atoms with Crippen molar-refractivity contribution in [3.8, 4) is 5.75 Å². The Hall–Kier alpha value is -2.02. The second-order valence-corrected chi connectivity index (χ2v) is 4.03. The number of carboxylic acid groups (broad SMARTS) is 1. The molecule has 0 aliphatic heterocycles. The molecule has 1 rings (SSSR count). The van der Waals surface area contributed by atoms with Gasteiger partial charge in [-0.25, -0.2) is 8.78 Å². The van der Waals surface area contributed by atoms with Gasteiger partial charge in [0.2, 0.25) is 0 Å². The average Bonchev–Trinajstić information content (AvgIpc) is 2.27. The molecular weight excluding hydrogens is 260 g/mol. The number of ketones is 1. The van der Waals surface area contributed by atoms with Gasteiger partial charge >= 0.3 is 5.97 Å². The van der Waals surface area contributed by atoms with Gasteiger partial charge in [0.25, 0.3) is 0 Å². The second-order valence-electron chi connectivity index (χ2n) is 4.03. The summed E-state index contributed by atoms with van der Waals surface area (Å²) in [6, 6.07) is 0.616. The smallest absolute Gasteiger partial charge is 0.320 e. The predicted octanol–water partition coefficient (Wildman–Crippen LogP) is 0.887. The van der Waals surface area contributed by atoms with Gasteiger partial charge in [-0.2, -0.15) is 0 Å². The molecule has 0 aliphatic carbocycles. The maximum absolute atomic E-state index is 13.5. The summed E-state index contributed by atoms with van der Waals surface area (Å²) in [6.45, 7) is 0.776. The number of aliphatic carboxylic acids is 1. The van der Waals surface area contributed by atoms with Crippen molar-refractivity contribution < 1.29 is 28.2 Å². The largest absolute Gasteiger partial charge is 0.480 e. The first-order valence-electron chi connectivity index (χ1n) is 5.39. The number of nitrogens with two attached hydrogens (primary N) is 1. The van der Waals surface area contributed by atoms with E-state index in [4.69, 9.17) is 10.8 Å². The van der Waals surface area contributed by atoms with Crippen molar-refractivity contribution in [1.82, 2.24) is 0 Å². The van der Waals surface area contributed by atoms with Gasteiger partial charge in [0.15, 0.2) is 23.2 Å². The summed E-state index contributed by atoms with van der Waals surface area (Å²) in [5, 5.41) is 8.61. The lowest BCUT2D eigenvalue weighted by Crippen LogP contribution is -2.32. The van der Waals surface area contributed by atoms with Crippen LogP contribution < -0.4 is 10.5 Å². The molecule has 0 aliphatic rings. The minimum absolute atomic E-state index is 0.0973. The molecule has 0 spiro atoms. The number of Topliss-reactive ketones (excluding diaryl/α,β-unsaturated/α-hetero) is 1. The Balaban J connectivity index is 2.90. The van der Waals surface area contributed by atoms with E-state index in [1.807, 2.05) is 0 Å². The van der Waals surface area contributed by atoms with Gasteiger partial charge in [-0.1, -0.05) is 0 Å². The first-order chi connectivity index (χ1) is 8.81. The third-order valence-corrected chi connectivity index (χ3v) is 2.25. The van der Waals surface area contributed by atoms with E-state index in [9.17, 15) is 18.4 Å². The minimum atomic E-state index is -1.27. The van der Waals surface area contributed by atoms with Crippen LogP contribution in [-0.4, -0.2) is 29.5 Å². The number of carbonyl (C=O) groups is 2. The Kier molecular flexibility index (Phi) is 4.94. The predicted molar refractivity (Wildman–Crippen MR) is 61.8 cm³/mol. The van der Waals surface area contributed by atoms with Crippen molar-refractivity contribution in [2.45, 2.75) is 19.4 Å². The van der Waals surface area contributed by atoms with Gasteiger partial charge in [-0.3, -0.25) is 9.59 Å². The summed E-state index contributed by atoms with van der Waals surface area (Å²) in [5.74, 6) is -4.32. The monoisotopic (exact) mass is 273 g/mol. The van der Waals surface area contributed by atoms with Crippen LogP contribution in [0.25, 0.3) is 0 Å². The van der Waals surface area contributed by atoms with E-state index in [2.05, 4.69) is 4.74 Å². The van der Waals surface area contributed by atoms with E-state index >= 15 is 0 Å². The number of carboxylic acids is 1. The van der Waals surface area contributed by atoms with Gasteiger partial charge in [0, 0.05) is 0 Å². The van der Waals surface area contributed by atoms with Crippen LogP contribution in [-0.2, 0) is 16.0 Å². The summed E-state index contributed by atoms with van der Waals surface area (Å²) in [5.41, 5.74) is 5.36. The number of halogens is 2. The quantitative estimate of drug-likeness (QED) is 0.803. The van der Waals surface area contributed by atoms with Gasteiger partial charge in [0.05, 0.1) is 0 Å². The standard InChI is InChI=1S/C12H13F2NO4/c1-6(16)5-19-11-8(13)2-7(3-9(11)14)4-10(15)12(17)18/h2-3,10H,4-5,15H2,1H3,(H,17,18). The van der Waals surface area contributed by atoms with Gasteiger partial charge in [0.1, 0.15) is 12.6 Å². The number of ether oxygens (including phenoxy) is 1. The first kappa shape index (κ1) is 15.0. The van der Waals surface area contributed by atoms with E-state index in [0.29, 0.717) is 0 Å². The molecule has 3 N–H and O–H groups in total. The van der Waals surface area contributed by atoms with Crippen molar-refractivity contribution in [2.75, 3.05) is 6.61 Å². The van der Waals surface area contributed by atoms with Crippen LogP contribution in [0, 0.1) is 11.6 Å². The highest BCUT2D eigenvalue weighted by Gasteiger charge is 2.17. The van der Waals surface area contributed by atoms with Gasteiger partial charge in [-0.15, -0.1) is 0 Å². The van der Waals surface area contributed by atoms with Crippen molar-refractivity contribution in [3.05, 3.63) is 29.3 Å². The molecule has 0 saturated heterocycles. The second kappa shape index (κ2) is 6.24. The molecule has 0 amide bonds. The summed E-state index contributed by atoms with van der Waals surface area (Å²) >= 11 is 0. The lowest BCUT2D eigenvalue weighted by molar-refractivity contribution is -0.138. The minimum Gasteiger partial charge on any atom is -0.480 e. The Bertz CT molecular complexity index is 481. The van der Waals surface area contributed by atoms with Crippen molar-refractivity contribution in [2.24, 2.45) is 5.73 Å². The number of hydrogen-bond acceptors (Lipinski definition) is 4. The van der Waals surface area contributed by atoms with Crippen LogP contribution in [0.15, 0.2) is 12.1 Å². The molecule has 1 unspecified atom stereocenters. The van der Waals surface area contributed by atoms with E-state index in [1.165, 1.54) is 6.92 Å². The Morgan fingerprint density at radius 3 is 2.32 bits per heavy atom. The summed E-state index contributed by atoms with van der Waals surface area (Å²) in [6.07, 6.45) is -0.212. The number of carbonyl (C=O) groups excluding carboxylic acids is 1. The fourth-order valence-corrected chi connectivity index (χ4v) is 1.38. The molecule has 1 aromatic rings. The van der Waals surface area contributed by atoms with Crippen LogP contribution in [0.5, 0.6) is 5.75 Å². The number of rotatable bonds is 6. The average molecular weight is 273 g/mol. The molecule has 0 radical (unpaired) electrons. The molecule has 0 fully saturated rings. The van der Waals surface area contributed by atoms with Crippen LogP contribution >= 0.6 is 0 Å². The van der Waals surface area contributed by atoms with Crippen LogP contribution in [0.4, 0.5) is 8.78 Å². The molecule has 1 aromatic carbocycles. The zero-order valence-corrected chi connectivity index (χ0v) is 10.2. The summed E-state index contributed by atoms with van der Waals surface area (Å²) in [7, 11) is 0. The lowest BCUT2D eigenvalue weighted by Gasteiger charge is -2.10. The highest BCUT2D eigenvalue weighted by molar-refractivity contribution is 5.77. The highest BCUT2D eigenvalue weighted by Crippen LogP contribution is 2.23. The SMILES string of the molecule is CC(=O)COc1c(F)cc(CC(N)C(=O)O)cc1F. The fraction of sp³-hybridized carbons (Fsp3) is 0.333. The maximum Gasteiger partial charge on any atom is 0.320 e. The lowest BCUT2D eigenvalue weighted by atomic mass is 10.1. The first-order valence-corrected chi connectivity index (χ1v) is 5.39. The molecule has 19 heavy (non-hydrogen) atoms. The molecular formula is C12H13F2NO4. The zero-order valence-electron chi connectivity index (χ0n) is 10.2. The van der Waals surface area contributed by atoms with Crippen LogP contribution in [0.3, 0.4) is 0 Å². The highest BCUT2D eigenvalue weighted by atomic mass is 19.1. The van der Waals surface area contributed by atoms with Gasteiger partial charge in [-0.05, 0) is 31.0 Å². The third kappa shape index (κ3) is 4.29. The summed E-state index contributed by atoms with van der Waals surface area (Å²) < 4.78 is 31.8. The van der Waals surface area contributed by atoms with Crippen molar-refractivity contribution in [3.63, 3.8) is 0 Å². The normalized spacial score (nSPS) is 12.0. The van der Waals surface area contributed by atoms with Crippen LogP contribution in [0.1, 0.15) is 12.5 Å². The molecule has 5 nitrogen and oxygen atoms in total. The molecule has 104 valence electrons. The van der Waals surface area contributed by atoms with E-state index in [0.717, 1.165) is 12.1 Å². The molecule has 0 bridgehead atoms.